The number of esters is 1. The standard InChI is InChI=1S/C24H21NO5/c1-3-27-19-12-17(13-20(14-19)28-4-2)24(26)29-18-10-11-21-22(15-18)30-23(25-21)16-8-6-5-7-9-16/h5-15H,3-4H2,1-2H3. The van der Waals surface area contributed by atoms with Crippen molar-refractivity contribution in [3.63, 3.8) is 0 Å². The van der Waals surface area contributed by atoms with Crippen molar-refractivity contribution >= 4 is 17.1 Å². The van der Waals surface area contributed by atoms with Crippen LogP contribution in [-0.2, 0) is 0 Å². The van der Waals surface area contributed by atoms with Crippen molar-refractivity contribution in [3.8, 4) is 28.7 Å². The first-order valence-corrected chi connectivity index (χ1v) is 9.75. The van der Waals surface area contributed by atoms with Gasteiger partial charge in [0.05, 0.1) is 18.8 Å². The summed E-state index contributed by atoms with van der Waals surface area (Å²) in [5.74, 6) is 1.46. The molecule has 3 aromatic carbocycles. The first-order chi connectivity index (χ1) is 14.7. The Morgan fingerprint density at radius 2 is 1.57 bits per heavy atom. The average molecular weight is 403 g/mol. The van der Waals surface area contributed by atoms with Gasteiger partial charge in [-0.05, 0) is 50.2 Å². The maximum atomic E-state index is 12.7. The molecule has 4 aromatic rings. The van der Waals surface area contributed by atoms with Crippen LogP contribution < -0.4 is 14.2 Å². The van der Waals surface area contributed by atoms with Crippen LogP contribution in [0.4, 0.5) is 0 Å². The molecule has 0 aliphatic heterocycles. The van der Waals surface area contributed by atoms with Gasteiger partial charge in [-0.1, -0.05) is 18.2 Å². The molecule has 1 heterocycles. The fraction of sp³-hybridized carbons (Fsp3) is 0.167. The number of rotatable bonds is 7. The molecule has 0 bridgehead atoms. The van der Waals surface area contributed by atoms with E-state index >= 15 is 0 Å². The molecule has 6 heteroatoms. The monoisotopic (exact) mass is 403 g/mol. The third-order valence-electron chi connectivity index (χ3n) is 4.33. The summed E-state index contributed by atoms with van der Waals surface area (Å²) in [4.78, 5) is 17.2. The molecule has 4 rings (SSSR count). The quantitative estimate of drug-likeness (QED) is 0.299. The smallest absolute Gasteiger partial charge is 0.343 e. The Labute approximate surface area is 174 Å². The molecule has 0 saturated heterocycles. The summed E-state index contributed by atoms with van der Waals surface area (Å²) in [5, 5.41) is 0. The number of fused-ring (bicyclic) bond motifs is 1. The summed E-state index contributed by atoms with van der Waals surface area (Å²) >= 11 is 0. The van der Waals surface area contributed by atoms with E-state index in [-0.39, 0.29) is 0 Å². The Hall–Kier alpha value is -3.80. The topological polar surface area (TPSA) is 70.8 Å². The molecule has 30 heavy (non-hydrogen) atoms. The Bertz CT molecular complexity index is 1140. The summed E-state index contributed by atoms with van der Waals surface area (Å²) in [5.41, 5.74) is 2.44. The molecular weight excluding hydrogens is 382 g/mol. The van der Waals surface area contributed by atoms with Crippen LogP contribution in [0.25, 0.3) is 22.6 Å². The van der Waals surface area contributed by atoms with Gasteiger partial charge in [0.1, 0.15) is 22.8 Å². The van der Waals surface area contributed by atoms with Gasteiger partial charge in [-0.25, -0.2) is 9.78 Å². The third kappa shape index (κ3) is 4.27. The van der Waals surface area contributed by atoms with Gasteiger partial charge in [-0.2, -0.15) is 0 Å². The lowest BCUT2D eigenvalue weighted by Gasteiger charge is -2.10. The van der Waals surface area contributed by atoms with Crippen molar-refractivity contribution in [2.45, 2.75) is 13.8 Å². The molecule has 0 aliphatic rings. The highest BCUT2D eigenvalue weighted by Gasteiger charge is 2.15. The minimum atomic E-state index is -0.514. The Morgan fingerprint density at radius 1 is 0.867 bits per heavy atom. The van der Waals surface area contributed by atoms with Gasteiger partial charge in [0.15, 0.2) is 5.58 Å². The van der Waals surface area contributed by atoms with Crippen molar-refractivity contribution in [1.29, 1.82) is 0 Å². The van der Waals surface area contributed by atoms with Gasteiger partial charge < -0.3 is 18.6 Å². The number of oxazole rings is 1. The van der Waals surface area contributed by atoms with Crippen molar-refractivity contribution in [3.05, 3.63) is 72.3 Å². The van der Waals surface area contributed by atoms with Crippen LogP contribution in [0.3, 0.4) is 0 Å². The van der Waals surface area contributed by atoms with E-state index in [0.717, 1.165) is 5.56 Å². The second kappa shape index (κ2) is 8.69. The minimum Gasteiger partial charge on any atom is -0.494 e. The zero-order chi connectivity index (χ0) is 20.9. The molecule has 0 spiro atoms. The van der Waals surface area contributed by atoms with Crippen LogP contribution in [-0.4, -0.2) is 24.2 Å². The highest BCUT2D eigenvalue weighted by Crippen LogP contribution is 2.28. The van der Waals surface area contributed by atoms with Crippen LogP contribution >= 0.6 is 0 Å². The van der Waals surface area contributed by atoms with Crippen LogP contribution in [0.5, 0.6) is 17.2 Å². The van der Waals surface area contributed by atoms with Gasteiger partial charge in [0.2, 0.25) is 5.89 Å². The fourth-order valence-electron chi connectivity index (χ4n) is 3.03. The van der Waals surface area contributed by atoms with Crippen LogP contribution in [0.15, 0.2) is 71.1 Å². The van der Waals surface area contributed by atoms with E-state index in [0.29, 0.717) is 53.0 Å². The van der Waals surface area contributed by atoms with Crippen LogP contribution in [0, 0.1) is 0 Å². The van der Waals surface area contributed by atoms with Gasteiger partial charge in [-0.15, -0.1) is 0 Å². The molecule has 0 saturated carbocycles. The molecule has 0 atom stereocenters. The van der Waals surface area contributed by atoms with Gasteiger partial charge >= 0.3 is 5.97 Å². The zero-order valence-corrected chi connectivity index (χ0v) is 16.8. The second-order valence-corrected chi connectivity index (χ2v) is 6.46. The second-order valence-electron chi connectivity index (χ2n) is 6.46. The lowest BCUT2D eigenvalue weighted by atomic mass is 10.2. The lowest BCUT2D eigenvalue weighted by Crippen LogP contribution is -2.09. The van der Waals surface area contributed by atoms with Crippen molar-refractivity contribution in [2.24, 2.45) is 0 Å². The highest BCUT2D eigenvalue weighted by atomic mass is 16.5. The van der Waals surface area contributed by atoms with Gasteiger partial charge in [0.25, 0.3) is 0 Å². The van der Waals surface area contributed by atoms with E-state index in [1.165, 1.54) is 0 Å². The molecule has 0 aliphatic carbocycles. The van der Waals surface area contributed by atoms with E-state index in [1.807, 2.05) is 44.2 Å². The number of benzene rings is 3. The summed E-state index contributed by atoms with van der Waals surface area (Å²) < 4.78 is 22.4. The fourth-order valence-corrected chi connectivity index (χ4v) is 3.03. The molecular formula is C24H21NO5. The van der Waals surface area contributed by atoms with Crippen molar-refractivity contribution in [1.82, 2.24) is 4.98 Å². The normalized spacial score (nSPS) is 10.7. The number of carbonyl (C=O) groups excluding carboxylic acids is 1. The van der Waals surface area contributed by atoms with Crippen molar-refractivity contribution < 1.29 is 23.4 Å². The molecule has 0 radical (unpaired) electrons. The summed E-state index contributed by atoms with van der Waals surface area (Å²) in [6, 6.07) is 19.7. The summed E-state index contributed by atoms with van der Waals surface area (Å²) in [6.07, 6.45) is 0. The number of hydrogen-bond acceptors (Lipinski definition) is 6. The van der Waals surface area contributed by atoms with Crippen molar-refractivity contribution in [2.75, 3.05) is 13.2 Å². The maximum Gasteiger partial charge on any atom is 0.343 e. The Kier molecular flexibility index (Phi) is 5.66. The Balaban J connectivity index is 1.58. The maximum absolute atomic E-state index is 12.7. The first-order valence-electron chi connectivity index (χ1n) is 9.75. The predicted molar refractivity (Wildman–Crippen MR) is 113 cm³/mol. The molecule has 0 fully saturated rings. The first kappa shape index (κ1) is 19.5. The molecule has 0 amide bonds. The van der Waals surface area contributed by atoms with E-state index in [9.17, 15) is 4.79 Å². The summed E-state index contributed by atoms with van der Waals surface area (Å²) in [7, 11) is 0. The van der Waals surface area contributed by atoms with E-state index in [1.54, 1.807) is 36.4 Å². The molecule has 1 aromatic heterocycles. The van der Waals surface area contributed by atoms with E-state index in [4.69, 9.17) is 18.6 Å². The lowest BCUT2D eigenvalue weighted by molar-refractivity contribution is 0.0734. The van der Waals surface area contributed by atoms with Crippen LogP contribution in [0.2, 0.25) is 0 Å². The number of ether oxygens (including phenoxy) is 3. The zero-order valence-electron chi connectivity index (χ0n) is 16.8. The number of aromatic nitrogens is 1. The minimum absolute atomic E-state index is 0.340. The van der Waals surface area contributed by atoms with E-state index < -0.39 is 5.97 Å². The van der Waals surface area contributed by atoms with Crippen LogP contribution in [0.1, 0.15) is 24.2 Å². The molecule has 0 unspecified atom stereocenters. The van der Waals surface area contributed by atoms with E-state index in [2.05, 4.69) is 4.98 Å². The predicted octanol–water partition coefficient (Wildman–Crippen LogP) is 5.51. The van der Waals surface area contributed by atoms with Gasteiger partial charge in [-0.3, -0.25) is 0 Å². The Morgan fingerprint density at radius 3 is 2.23 bits per heavy atom. The summed E-state index contributed by atoms with van der Waals surface area (Å²) in [6.45, 7) is 4.72. The molecule has 152 valence electrons. The number of hydrogen-bond donors (Lipinski definition) is 0. The molecule has 6 nitrogen and oxygen atoms in total. The highest BCUT2D eigenvalue weighted by molar-refractivity contribution is 5.92. The number of nitrogens with zero attached hydrogens (tertiary/aromatic N) is 1. The SMILES string of the molecule is CCOc1cc(OCC)cc(C(=O)Oc2ccc3nc(-c4ccccc4)oc3c2)c1. The van der Waals surface area contributed by atoms with Gasteiger partial charge in [0, 0.05) is 17.7 Å². The molecule has 0 N–H and O–H groups in total. The third-order valence-corrected chi connectivity index (χ3v) is 4.33. The number of carbonyl (C=O) groups is 1. The average Bonchev–Trinajstić information content (AvgIpc) is 3.18. The largest absolute Gasteiger partial charge is 0.494 e.